The zero-order valence-electron chi connectivity index (χ0n) is 12.0. The van der Waals surface area contributed by atoms with Gasteiger partial charge in [0.15, 0.2) is 0 Å². The number of aromatic nitrogens is 4. The van der Waals surface area contributed by atoms with Gasteiger partial charge in [-0.2, -0.15) is 10.2 Å². The molecule has 0 aliphatic carbocycles. The van der Waals surface area contributed by atoms with E-state index in [-0.39, 0.29) is 5.75 Å². The third-order valence-corrected chi connectivity index (χ3v) is 3.35. The molecule has 0 radical (unpaired) electrons. The average Bonchev–Trinajstić information content (AvgIpc) is 3.05. The number of aromatic hydroxyl groups is 1. The zero-order chi connectivity index (χ0) is 15.0. The van der Waals surface area contributed by atoms with Gasteiger partial charge in [-0.1, -0.05) is 6.58 Å². The molecule has 2 N–H and O–H groups in total. The Bertz CT molecular complexity index is 815. The molecule has 6 heteroatoms. The van der Waals surface area contributed by atoms with Crippen molar-refractivity contribution in [3.8, 4) is 16.9 Å². The molecule has 0 amide bonds. The monoisotopic (exact) mass is 283 g/mol. The Balaban J connectivity index is 2.12. The molecule has 3 rings (SSSR count). The molecule has 0 saturated heterocycles. The minimum absolute atomic E-state index is 0.169. The fourth-order valence-corrected chi connectivity index (χ4v) is 2.36. The van der Waals surface area contributed by atoms with Crippen molar-refractivity contribution in [2.45, 2.75) is 6.92 Å². The molecule has 6 nitrogen and oxygen atoms in total. The summed E-state index contributed by atoms with van der Waals surface area (Å²) in [7, 11) is 1.86. The third kappa shape index (κ3) is 2.24. The van der Waals surface area contributed by atoms with Crippen LogP contribution in [0.1, 0.15) is 12.5 Å². The van der Waals surface area contributed by atoms with E-state index in [9.17, 15) is 5.11 Å². The molecular formula is C15H17N5O. The van der Waals surface area contributed by atoms with Crippen LogP contribution in [0.5, 0.6) is 5.75 Å². The molecule has 0 aromatic carbocycles. The Morgan fingerprint density at radius 2 is 2.10 bits per heavy atom. The van der Waals surface area contributed by atoms with Crippen LogP contribution in [0.2, 0.25) is 0 Å². The second-order valence-electron chi connectivity index (χ2n) is 4.88. The molecule has 21 heavy (non-hydrogen) atoms. The molecule has 3 heterocycles. The molecule has 0 bridgehead atoms. The normalized spacial score (nSPS) is 11.0. The summed E-state index contributed by atoms with van der Waals surface area (Å²) in [6, 6.07) is 1.72. The molecule has 3 aromatic rings. The highest BCUT2D eigenvalue weighted by atomic mass is 16.3. The van der Waals surface area contributed by atoms with Crippen LogP contribution in [-0.2, 0) is 7.05 Å². The SMILES string of the molecule is C=C(NCC)c1cnn2cc(-c3cnn(C)c3)cc(O)c12. The maximum atomic E-state index is 10.4. The van der Waals surface area contributed by atoms with E-state index >= 15 is 0 Å². The Morgan fingerprint density at radius 1 is 1.29 bits per heavy atom. The summed E-state index contributed by atoms with van der Waals surface area (Å²) in [5.74, 6) is 0.169. The predicted octanol–water partition coefficient (Wildman–Crippen LogP) is 2.02. The number of aryl methyl sites for hydroxylation is 1. The first-order chi connectivity index (χ1) is 10.1. The van der Waals surface area contributed by atoms with E-state index in [1.165, 1.54) is 0 Å². The van der Waals surface area contributed by atoms with Crippen LogP contribution in [0.15, 0.2) is 37.4 Å². The molecular weight excluding hydrogens is 266 g/mol. The van der Waals surface area contributed by atoms with Crippen molar-refractivity contribution < 1.29 is 5.11 Å². The van der Waals surface area contributed by atoms with Crippen LogP contribution in [0.4, 0.5) is 0 Å². The molecule has 3 aromatic heterocycles. The number of rotatable bonds is 4. The predicted molar refractivity (Wildman–Crippen MR) is 81.8 cm³/mol. The van der Waals surface area contributed by atoms with Crippen molar-refractivity contribution >= 4 is 11.2 Å². The Labute approximate surface area is 122 Å². The molecule has 0 saturated carbocycles. The summed E-state index contributed by atoms with van der Waals surface area (Å²) in [6.45, 7) is 6.74. The van der Waals surface area contributed by atoms with E-state index in [0.717, 1.165) is 28.9 Å². The highest BCUT2D eigenvalue weighted by molar-refractivity contribution is 5.82. The van der Waals surface area contributed by atoms with Gasteiger partial charge in [0.1, 0.15) is 11.3 Å². The van der Waals surface area contributed by atoms with Crippen molar-refractivity contribution in [1.29, 1.82) is 0 Å². The van der Waals surface area contributed by atoms with E-state index in [1.807, 2.05) is 26.4 Å². The first-order valence-corrected chi connectivity index (χ1v) is 6.72. The van der Waals surface area contributed by atoms with Crippen molar-refractivity contribution in [2.24, 2.45) is 7.05 Å². The number of nitrogens with one attached hydrogen (secondary N) is 1. The van der Waals surface area contributed by atoms with Gasteiger partial charge in [0.25, 0.3) is 0 Å². The van der Waals surface area contributed by atoms with Gasteiger partial charge in [0, 0.05) is 48.4 Å². The van der Waals surface area contributed by atoms with Crippen molar-refractivity contribution in [2.75, 3.05) is 6.54 Å². The van der Waals surface area contributed by atoms with Gasteiger partial charge in [-0.05, 0) is 13.0 Å². The topological polar surface area (TPSA) is 67.4 Å². The lowest BCUT2D eigenvalue weighted by molar-refractivity contribution is 0.478. The van der Waals surface area contributed by atoms with Crippen molar-refractivity contribution in [3.63, 3.8) is 0 Å². The van der Waals surface area contributed by atoms with Crippen LogP contribution in [-0.4, -0.2) is 31.0 Å². The summed E-state index contributed by atoms with van der Waals surface area (Å²) < 4.78 is 3.38. The highest BCUT2D eigenvalue weighted by Gasteiger charge is 2.13. The minimum atomic E-state index is 0.169. The van der Waals surface area contributed by atoms with Gasteiger partial charge in [-0.15, -0.1) is 0 Å². The summed E-state index contributed by atoms with van der Waals surface area (Å²) in [5, 5.41) is 21.9. The van der Waals surface area contributed by atoms with Gasteiger partial charge in [0.2, 0.25) is 0 Å². The zero-order valence-corrected chi connectivity index (χ0v) is 12.0. The molecule has 0 unspecified atom stereocenters. The van der Waals surface area contributed by atoms with E-state index in [0.29, 0.717) is 5.52 Å². The number of hydrogen-bond donors (Lipinski definition) is 2. The Hall–Kier alpha value is -2.76. The van der Waals surface area contributed by atoms with Gasteiger partial charge < -0.3 is 10.4 Å². The largest absolute Gasteiger partial charge is 0.506 e. The second-order valence-corrected chi connectivity index (χ2v) is 4.88. The van der Waals surface area contributed by atoms with E-state index in [2.05, 4.69) is 22.1 Å². The number of hydrogen-bond acceptors (Lipinski definition) is 4. The van der Waals surface area contributed by atoms with Crippen molar-refractivity contribution in [1.82, 2.24) is 24.7 Å². The number of fused-ring (bicyclic) bond motifs is 1. The Morgan fingerprint density at radius 3 is 2.76 bits per heavy atom. The number of pyridine rings is 1. The van der Waals surface area contributed by atoms with E-state index < -0.39 is 0 Å². The molecule has 0 spiro atoms. The molecule has 0 aliphatic heterocycles. The first kappa shape index (κ1) is 13.2. The van der Waals surface area contributed by atoms with E-state index in [4.69, 9.17) is 0 Å². The van der Waals surface area contributed by atoms with Crippen LogP contribution < -0.4 is 5.32 Å². The van der Waals surface area contributed by atoms with Crippen molar-refractivity contribution in [3.05, 3.63) is 43.0 Å². The van der Waals surface area contributed by atoms with Gasteiger partial charge >= 0.3 is 0 Å². The quantitative estimate of drug-likeness (QED) is 0.768. The van der Waals surface area contributed by atoms with Crippen LogP contribution in [0, 0.1) is 0 Å². The minimum Gasteiger partial charge on any atom is -0.506 e. The van der Waals surface area contributed by atoms with Gasteiger partial charge in [-0.3, -0.25) is 4.68 Å². The van der Waals surface area contributed by atoms with Crippen LogP contribution in [0.3, 0.4) is 0 Å². The fraction of sp³-hybridized carbons (Fsp3) is 0.200. The van der Waals surface area contributed by atoms with Gasteiger partial charge in [0.05, 0.1) is 12.4 Å². The second kappa shape index (κ2) is 4.97. The summed E-state index contributed by atoms with van der Waals surface area (Å²) in [6.07, 6.45) is 7.22. The molecule has 0 aliphatic rings. The van der Waals surface area contributed by atoms with Gasteiger partial charge in [-0.25, -0.2) is 4.52 Å². The highest BCUT2D eigenvalue weighted by Crippen LogP contribution is 2.30. The Kier molecular flexibility index (Phi) is 3.13. The summed E-state index contributed by atoms with van der Waals surface area (Å²) in [5.41, 5.74) is 3.98. The average molecular weight is 283 g/mol. The van der Waals surface area contributed by atoms with E-state index in [1.54, 1.807) is 27.7 Å². The first-order valence-electron chi connectivity index (χ1n) is 6.72. The smallest absolute Gasteiger partial charge is 0.142 e. The third-order valence-electron chi connectivity index (χ3n) is 3.35. The maximum absolute atomic E-state index is 10.4. The summed E-state index contributed by atoms with van der Waals surface area (Å²) >= 11 is 0. The lowest BCUT2D eigenvalue weighted by atomic mass is 10.1. The molecule has 108 valence electrons. The number of nitrogens with zero attached hydrogens (tertiary/aromatic N) is 4. The molecule has 0 atom stereocenters. The maximum Gasteiger partial charge on any atom is 0.142 e. The standard InChI is InChI=1S/C15H17N5O/c1-4-16-10(2)13-7-18-20-9-11(5-14(21)15(13)20)12-6-17-19(3)8-12/h5-9,16,21H,2,4H2,1,3H3. The lowest BCUT2D eigenvalue weighted by Gasteiger charge is -2.07. The molecule has 0 fully saturated rings. The van der Waals surface area contributed by atoms with Crippen LogP contribution >= 0.6 is 0 Å². The lowest BCUT2D eigenvalue weighted by Crippen LogP contribution is -2.09. The van der Waals surface area contributed by atoms with Crippen LogP contribution in [0.25, 0.3) is 22.3 Å². The summed E-state index contributed by atoms with van der Waals surface area (Å²) in [4.78, 5) is 0. The fourth-order valence-electron chi connectivity index (χ4n) is 2.36.